The lowest BCUT2D eigenvalue weighted by Gasteiger charge is -2.13. The summed E-state index contributed by atoms with van der Waals surface area (Å²) in [4.78, 5) is 28.3. The summed E-state index contributed by atoms with van der Waals surface area (Å²) in [6.07, 6.45) is 5.21. The number of pyridine rings is 1. The lowest BCUT2D eigenvalue weighted by atomic mass is 9.95. The third-order valence-electron chi connectivity index (χ3n) is 8.55. The fourth-order valence-electron chi connectivity index (χ4n) is 6.12. The van der Waals surface area contributed by atoms with E-state index in [0.29, 0.717) is 23.1 Å². The zero-order chi connectivity index (χ0) is 32.6. The Balaban J connectivity index is 1.18. The highest BCUT2D eigenvalue weighted by Crippen LogP contribution is 2.36. The van der Waals surface area contributed by atoms with Crippen molar-refractivity contribution in [1.82, 2.24) is 29.9 Å². The third kappa shape index (κ3) is 5.39. The molecule has 0 radical (unpaired) electrons. The van der Waals surface area contributed by atoms with Gasteiger partial charge in [0.25, 0.3) is 0 Å². The monoisotopic (exact) mass is 630 g/mol. The molecule has 0 spiro atoms. The quantitative estimate of drug-likeness (QED) is 0.181. The molecule has 0 amide bonds. The molecule has 0 saturated heterocycles. The van der Waals surface area contributed by atoms with Gasteiger partial charge in [0.05, 0.1) is 0 Å². The average Bonchev–Trinajstić information content (AvgIpc) is 3.58. The molecule has 9 aromatic rings. The van der Waals surface area contributed by atoms with E-state index in [1.807, 2.05) is 97.1 Å². The Hall–Kier alpha value is -6.86. The molecule has 7 heteroatoms. The number of rotatable bonds is 6. The number of hydrogen-bond donors (Lipinski definition) is 0. The van der Waals surface area contributed by atoms with Crippen molar-refractivity contribution in [1.29, 1.82) is 0 Å². The number of para-hydroxylation sites is 1. The van der Waals surface area contributed by atoms with E-state index in [9.17, 15) is 0 Å². The van der Waals surface area contributed by atoms with E-state index in [2.05, 4.69) is 57.4 Å². The molecule has 0 aliphatic heterocycles. The van der Waals surface area contributed by atoms with Crippen LogP contribution in [0.2, 0.25) is 0 Å². The number of hydrogen-bond acceptors (Lipinski definition) is 7. The highest BCUT2D eigenvalue weighted by atomic mass is 16.3. The second kappa shape index (κ2) is 12.1. The Morgan fingerprint density at radius 1 is 0.408 bits per heavy atom. The third-order valence-corrected chi connectivity index (χ3v) is 8.55. The first-order valence-electron chi connectivity index (χ1n) is 15.9. The molecule has 7 nitrogen and oxygen atoms in total. The molecule has 4 heterocycles. The molecule has 4 aromatic heterocycles. The summed E-state index contributed by atoms with van der Waals surface area (Å²) in [5.41, 5.74) is 10.8. The Morgan fingerprint density at radius 2 is 0.939 bits per heavy atom. The summed E-state index contributed by atoms with van der Waals surface area (Å²) in [6.45, 7) is 0. The minimum Gasteiger partial charge on any atom is -0.452 e. The Bertz CT molecular complexity index is 2530. The number of benzene rings is 5. The largest absolute Gasteiger partial charge is 0.452 e. The molecule has 0 bridgehead atoms. The predicted octanol–water partition coefficient (Wildman–Crippen LogP) is 9.96. The minimum atomic E-state index is 0.592. The van der Waals surface area contributed by atoms with Crippen LogP contribution < -0.4 is 0 Å². The molecular formula is C42H26N6O. The topological polar surface area (TPSA) is 90.5 Å². The van der Waals surface area contributed by atoms with Crippen LogP contribution in [0.4, 0.5) is 0 Å². The second-order valence-corrected chi connectivity index (χ2v) is 11.6. The average molecular weight is 631 g/mol. The Kier molecular flexibility index (Phi) is 6.98. The van der Waals surface area contributed by atoms with E-state index in [1.54, 1.807) is 18.7 Å². The molecule has 9 rings (SSSR count). The summed E-state index contributed by atoms with van der Waals surface area (Å²) in [5, 5.41) is 0.974. The highest BCUT2D eigenvalue weighted by Gasteiger charge is 2.17. The van der Waals surface area contributed by atoms with Crippen molar-refractivity contribution in [3.8, 4) is 67.7 Å². The van der Waals surface area contributed by atoms with Crippen molar-refractivity contribution in [2.24, 2.45) is 0 Å². The summed E-state index contributed by atoms with van der Waals surface area (Å²) in [7, 11) is 0. The smallest absolute Gasteiger partial charge is 0.180 e. The molecule has 5 aromatic carbocycles. The first kappa shape index (κ1) is 28.4. The van der Waals surface area contributed by atoms with Gasteiger partial charge in [0.1, 0.15) is 23.1 Å². The van der Waals surface area contributed by atoms with Crippen LogP contribution in [0.15, 0.2) is 163 Å². The Labute approximate surface area is 281 Å². The van der Waals surface area contributed by atoms with Crippen LogP contribution >= 0.6 is 0 Å². The zero-order valence-electron chi connectivity index (χ0n) is 26.1. The van der Waals surface area contributed by atoms with E-state index < -0.39 is 0 Å². The maximum Gasteiger partial charge on any atom is 0.180 e. The van der Waals surface area contributed by atoms with Gasteiger partial charge in [0.2, 0.25) is 0 Å². The first-order valence-corrected chi connectivity index (χ1v) is 15.9. The molecule has 0 aliphatic carbocycles. The SMILES string of the molecule is c1ccc(-c2nc(-c3ccccc3)nc(-c3cc(-c4ccncc4)cc(-c4ccc(-c5ncnc6c5oc5ccccc56)cc4)c3)n2)cc1. The molecule has 0 atom stereocenters. The van der Waals surface area contributed by atoms with Crippen LogP contribution in [0.5, 0.6) is 0 Å². The van der Waals surface area contributed by atoms with E-state index in [4.69, 9.17) is 19.4 Å². The van der Waals surface area contributed by atoms with Crippen LogP contribution in [0, 0.1) is 0 Å². The van der Waals surface area contributed by atoms with Gasteiger partial charge in [-0.1, -0.05) is 97.1 Å². The van der Waals surface area contributed by atoms with E-state index in [0.717, 1.165) is 66.7 Å². The van der Waals surface area contributed by atoms with Gasteiger partial charge < -0.3 is 4.42 Å². The van der Waals surface area contributed by atoms with Crippen molar-refractivity contribution in [2.75, 3.05) is 0 Å². The van der Waals surface area contributed by atoms with Crippen LogP contribution in [0.3, 0.4) is 0 Å². The van der Waals surface area contributed by atoms with Crippen molar-refractivity contribution in [3.63, 3.8) is 0 Å². The molecule has 230 valence electrons. The maximum atomic E-state index is 6.22. The van der Waals surface area contributed by atoms with E-state index in [-0.39, 0.29) is 0 Å². The summed E-state index contributed by atoms with van der Waals surface area (Å²) in [6, 6.07) is 46.8. The summed E-state index contributed by atoms with van der Waals surface area (Å²) >= 11 is 0. The lowest BCUT2D eigenvalue weighted by Crippen LogP contribution is -2.00. The molecule has 0 saturated carbocycles. The van der Waals surface area contributed by atoms with Crippen molar-refractivity contribution in [3.05, 3.63) is 158 Å². The molecule has 0 aliphatic rings. The van der Waals surface area contributed by atoms with Crippen LogP contribution in [-0.4, -0.2) is 29.9 Å². The fourth-order valence-corrected chi connectivity index (χ4v) is 6.12. The van der Waals surface area contributed by atoms with Gasteiger partial charge in [-0.2, -0.15) is 0 Å². The predicted molar refractivity (Wildman–Crippen MR) is 193 cm³/mol. The van der Waals surface area contributed by atoms with E-state index >= 15 is 0 Å². The van der Waals surface area contributed by atoms with Crippen molar-refractivity contribution in [2.45, 2.75) is 0 Å². The number of furan rings is 1. The molecule has 0 unspecified atom stereocenters. The zero-order valence-corrected chi connectivity index (χ0v) is 26.1. The minimum absolute atomic E-state index is 0.592. The van der Waals surface area contributed by atoms with Gasteiger partial charge in [0, 0.05) is 40.0 Å². The van der Waals surface area contributed by atoms with Crippen LogP contribution in [0.1, 0.15) is 0 Å². The van der Waals surface area contributed by atoms with Gasteiger partial charge in [-0.15, -0.1) is 0 Å². The normalized spacial score (nSPS) is 11.3. The second-order valence-electron chi connectivity index (χ2n) is 11.6. The van der Waals surface area contributed by atoms with Crippen molar-refractivity contribution >= 4 is 22.1 Å². The van der Waals surface area contributed by atoms with Gasteiger partial charge >= 0.3 is 0 Å². The fraction of sp³-hybridized carbons (Fsp3) is 0. The van der Waals surface area contributed by atoms with Gasteiger partial charge in [0.15, 0.2) is 23.1 Å². The first-order chi connectivity index (χ1) is 24.3. The highest BCUT2D eigenvalue weighted by molar-refractivity contribution is 6.06. The number of nitrogens with zero attached hydrogens (tertiary/aromatic N) is 6. The van der Waals surface area contributed by atoms with Crippen LogP contribution in [0.25, 0.3) is 89.7 Å². The lowest BCUT2D eigenvalue weighted by molar-refractivity contribution is 0.667. The standard InChI is InChI=1S/C42H26N6O/c1-3-9-30(10-4-1)40-46-41(31-11-5-2-6-12-31)48-42(47-40)34-24-32(23-33(25-34)28-19-21-43-22-20-28)27-15-17-29(18-16-27)37-39-38(45-26-44-37)35-13-7-8-14-36(35)49-39/h1-26H. The maximum absolute atomic E-state index is 6.22. The summed E-state index contributed by atoms with van der Waals surface area (Å²) < 4.78 is 6.22. The molecule has 0 N–H and O–H groups in total. The number of aromatic nitrogens is 6. The molecule has 0 fully saturated rings. The van der Waals surface area contributed by atoms with Gasteiger partial charge in [-0.05, 0) is 64.7 Å². The van der Waals surface area contributed by atoms with Gasteiger partial charge in [-0.3, -0.25) is 4.98 Å². The van der Waals surface area contributed by atoms with Crippen molar-refractivity contribution < 1.29 is 4.42 Å². The van der Waals surface area contributed by atoms with Crippen LogP contribution in [-0.2, 0) is 0 Å². The summed E-state index contributed by atoms with van der Waals surface area (Å²) in [5.74, 6) is 1.83. The molecule has 49 heavy (non-hydrogen) atoms. The van der Waals surface area contributed by atoms with Gasteiger partial charge in [-0.25, -0.2) is 24.9 Å². The Morgan fingerprint density at radius 3 is 1.59 bits per heavy atom. The molecular weight excluding hydrogens is 605 g/mol. The number of fused-ring (bicyclic) bond motifs is 3. The van der Waals surface area contributed by atoms with E-state index in [1.165, 1.54) is 0 Å².